The summed E-state index contributed by atoms with van der Waals surface area (Å²) in [6, 6.07) is -0.934. The quantitative estimate of drug-likeness (QED) is 0.587. The molecule has 1 rings (SSSR count). The number of carboxylic acids is 1. The average molecular weight is 323 g/mol. The summed E-state index contributed by atoms with van der Waals surface area (Å²) in [5.74, 6) is -1.51. The van der Waals surface area contributed by atoms with Crippen LogP contribution in [0.5, 0.6) is 0 Å². The summed E-state index contributed by atoms with van der Waals surface area (Å²) in [7, 11) is -2.61. The highest BCUT2D eigenvalue weighted by atomic mass is 32.2. The summed E-state index contributed by atoms with van der Waals surface area (Å²) in [5.41, 5.74) is 0. The Hall–Kier alpha value is -1.23. The van der Waals surface area contributed by atoms with Gasteiger partial charge in [-0.25, -0.2) is 0 Å². The van der Waals surface area contributed by atoms with Gasteiger partial charge in [0, 0.05) is 26.7 Å². The van der Waals surface area contributed by atoms with Gasteiger partial charge in [0.15, 0.2) is 0 Å². The molecule has 1 unspecified atom stereocenters. The number of rotatable bonds is 7. The number of nitrogens with one attached hydrogen (secondary N) is 1. The largest absolute Gasteiger partial charge is 0.481 e. The molecule has 0 aromatic carbocycles. The highest BCUT2D eigenvalue weighted by Gasteiger charge is 2.39. The first-order valence-corrected chi connectivity index (χ1v) is 8.00. The lowest BCUT2D eigenvalue weighted by molar-refractivity contribution is -0.137. The number of aliphatic carboxylic acids is 1. The van der Waals surface area contributed by atoms with Gasteiger partial charge in [0.25, 0.3) is 10.2 Å². The fourth-order valence-corrected chi connectivity index (χ4v) is 3.37. The van der Waals surface area contributed by atoms with E-state index < -0.39 is 28.1 Å². The van der Waals surface area contributed by atoms with E-state index in [-0.39, 0.29) is 32.7 Å². The van der Waals surface area contributed by atoms with Crippen molar-refractivity contribution in [1.82, 2.24) is 13.9 Å². The lowest BCUT2D eigenvalue weighted by Crippen LogP contribution is -2.58. The summed E-state index contributed by atoms with van der Waals surface area (Å²) >= 11 is 0. The second-order valence-corrected chi connectivity index (χ2v) is 6.56. The van der Waals surface area contributed by atoms with Gasteiger partial charge < -0.3 is 15.2 Å². The molecule has 1 aliphatic rings. The van der Waals surface area contributed by atoms with E-state index in [0.29, 0.717) is 6.54 Å². The summed E-state index contributed by atoms with van der Waals surface area (Å²) in [6.45, 7) is 2.20. The summed E-state index contributed by atoms with van der Waals surface area (Å²) in [5, 5.41) is 11.2. The van der Waals surface area contributed by atoms with E-state index >= 15 is 0 Å². The first-order valence-electron chi connectivity index (χ1n) is 6.61. The van der Waals surface area contributed by atoms with Gasteiger partial charge in [-0.2, -0.15) is 17.0 Å². The van der Waals surface area contributed by atoms with Crippen LogP contribution in [0.25, 0.3) is 0 Å². The van der Waals surface area contributed by atoms with Crippen LogP contribution >= 0.6 is 0 Å². The average Bonchev–Trinajstić information content (AvgIpc) is 2.44. The number of carboxylic acid groups (broad SMARTS) is 1. The third kappa shape index (κ3) is 4.63. The summed E-state index contributed by atoms with van der Waals surface area (Å²) in [6.07, 6.45) is -0.300. The fraction of sp³-hybridized carbons (Fsp3) is 0.818. The molecule has 1 atom stereocenters. The molecule has 0 saturated carbocycles. The molecule has 1 aliphatic heterocycles. The summed E-state index contributed by atoms with van der Waals surface area (Å²) in [4.78, 5) is 22.5. The van der Waals surface area contributed by atoms with Crippen LogP contribution in [0, 0.1) is 0 Å². The van der Waals surface area contributed by atoms with Crippen LogP contribution in [0.1, 0.15) is 13.3 Å². The van der Waals surface area contributed by atoms with Crippen LogP contribution in [0.3, 0.4) is 0 Å². The zero-order valence-electron chi connectivity index (χ0n) is 12.1. The predicted molar refractivity (Wildman–Crippen MR) is 73.8 cm³/mol. The van der Waals surface area contributed by atoms with E-state index in [9.17, 15) is 18.0 Å². The lowest BCUT2D eigenvalue weighted by Gasteiger charge is -2.35. The fourth-order valence-electron chi connectivity index (χ4n) is 1.91. The molecule has 0 aromatic heterocycles. The smallest absolute Gasteiger partial charge is 0.304 e. The van der Waals surface area contributed by atoms with Crippen LogP contribution in [-0.2, 0) is 24.5 Å². The van der Waals surface area contributed by atoms with Gasteiger partial charge in [0.1, 0.15) is 6.04 Å². The molecule has 1 heterocycles. The molecule has 1 amide bonds. The highest BCUT2D eigenvalue weighted by molar-refractivity contribution is 7.86. The van der Waals surface area contributed by atoms with E-state index in [1.54, 1.807) is 6.92 Å². The molecule has 0 aromatic rings. The van der Waals surface area contributed by atoms with Crippen molar-refractivity contribution in [2.24, 2.45) is 0 Å². The minimum Gasteiger partial charge on any atom is -0.481 e. The normalized spacial score (nSPS) is 20.4. The van der Waals surface area contributed by atoms with E-state index in [0.717, 1.165) is 8.61 Å². The van der Waals surface area contributed by atoms with E-state index in [2.05, 4.69) is 5.32 Å². The van der Waals surface area contributed by atoms with Crippen molar-refractivity contribution in [2.45, 2.75) is 19.4 Å². The van der Waals surface area contributed by atoms with Crippen LogP contribution in [0.15, 0.2) is 0 Å². The third-order valence-corrected chi connectivity index (χ3v) is 5.06. The van der Waals surface area contributed by atoms with Gasteiger partial charge in [-0.1, -0.05) is 0 Å². The Bertz CT molecular complexity index is 480. The maximum atomic E-state index is 12.4. The van der Waals surface area contributed by atoms with E-state index in [1.807, 2.05) is 0 Å². The number of hydrogen-bond donors (Lipinski definition) is 2. The number of morpholine rings is 1. The molecule has 0 radical (unpaired) electrons. The maximum Gasteiger partial charge on any atom is 0.304 e. The van der Waals surface area contributed by atoms with Crippen molar-refractivity contribution in [3.05, 3.63) is 0 Å². The van der Waals surface area contributed by atoms with Crippen LogP contribution in [-0.4, -0.2) is 79.9 Å². The first kappa shape index (κ1) is 17.8. The molecule has 122 valence electrons. The first-order chi connectivity index (χ1) is 9.80. The van der Waals surface area contributed by atoms with E-state index in [1.165, 1.54) is 7.05 Å². The number of likely N-dealkylation sites (N-methyl/N-ethyl adjacent to an activating group) is 1. The van der Waals surface area contributed by atoms with Crippen LogP contribution in [0.4, 0.5) is 0 Å². The minimum absolute atomic E-state index is 0.0160. The third-order valence-electron chi connectivity index (χ3n) is 3.06. The molecule has 0 aliphatic carbocycles. The molecule has 2 N–H and O–H groups in total. The molecular formula is C11H21N3O6S. The number of hydrogen-bond acceptors (Lipinski definition) is 5. The van der Waals surface area contributed by atoms with Gasteiger partial charge in [0.2, 0.25) is 5.91 Å². The minimum atomic E-state index is -3.91. The van der Waals surface area contributed by atoms with Crippen molar-refractivity contribution < 1.29 is 27.9 Å². The number of carbonyl (C=O) groups excluding carboxylic acids is 1. The number of carbonyl (C=O) groups is 2. The predicted octanol–water partition coefficient (Wildman–Crippen LogP) is -1.53. The summed E-state index contributed by atoms with van der Waals surface area (Å²) < 4.78 is 32.1. The van der Waals surface area contributed by atoms with Gasteiger partial charge >= 0.3 is 5.97 Å². The zero-order chi connectivity index (χ0) is 16.0. The SMILES string of the molecule is CCNC(=O)C1COCCN1S(=O)(=O)N(C)CCC(=O)O. The zero-order valence-corrected chi connectivity index (χ0v) is 12.9. The van der Waals surface area contributed by atoms with Crippen molar-refractivity contribution >= 4 is 22.1 Å². The molecule has 21 heavy (non-hydrogen) atoms. The molecule has 9 nitrogen and oxygen atoms in total. The second-order valence-electron chi connectivity index (χ2n) is 4.57. The molecule has 1 fully saturated rings. The Morgan fingerprint density at radius 3 is 2.71 bits per heavy atom. The Morgan fingerprint density at radius 1 is 1.48 bits per heavy atom. The van der Waals surface area contributed by atoms with Crippen molar-refractivity contribution in [3.63, 3.8) is 0 Å². The molecule has 0 spiro atoms. The van der Waals surface area contributed by atoms with Crippen LogP contribution < -0.4 is 5.32 Å². The molecule has 10 heteroatoms. The Labute approximate surface area is 124 Å². The van der Waals surface area contributed by atoms with Gasteiger partial charge in [-0.05, 0) is 6.92 Å². The number of amides is 1. The Kier molecular flexibility index (Phi) is 6.52. The van der Waals surface area contributed by atoms with Gasteiger partial charge in [-0.15, -0.1) is 0 Å². The second kappa shape index (κ2) is 7.69. The molecule has 1 saturated heterocycles. The standard InChI is InChI=1S/C11H21N3O6S/c1-3-12-11(17)9-8-20-7-6-14(9)21(18,19)13(2)5-4-10(15)16/h9H,3-8H2,1-2H3,(H,12,17)(H,15,16). The molecule has 0 bridgehead atoms. The van der Waals surface area contributed by atoms with Gasteiger partial charge in [0.05, 0.1) is 19.6 Å². The maximum absolute atomic E-state index is 12.4. The Balaban J connectivity index is 2.86. The lowest BCUT2D eigenvalue weighted by atomic mass is 10.2. The topological polar surface area (TPSA) is 116 Å². The molecular weight excluding hydrogens is 302 g/mol. The van der Waals surface area contributed by atoms with Crippen molar-refractivity contribution in [3.8, 4) is 0 Å². The monoisotopic (exact) mass is 323 g/mol. The highest BCUT2D eigenvalue weighted by Crippen LogP contribution is 2.16. The number of ether oxygens (including phenoxy) is 1. The van der Waals surface area contributed by atoms with Crippen molar-refractivity contribution in [2.75, 3.05) is 39.9 Å². The van der Waals surface area contributed by atoms with E-state index in [4.69, 9.17) is 9.84 Å². The number of nitrogens with zero attached hydrogens (tertiary/aromatic N) is 2. The van der Waals surface area contributed by atoms with Crippen molar-refractivity contribution in [1.29, 1.82) is 0 Å². The van der Waals surface area contributed by atoms with Crippen LogP contribution in [0.2, 0.25) is 0 Å². The van der Waals surface area contributed by atoms with Gasteiger partial charge in [-0.3, -0.25) is 9.59 Å². The Morgan fingerprint density at radius 2 is 2.14 bits per heavy atom.